The fourth-order valence-corrected chi connectivity index (χ4v) is 4.25. The number of hydrogen-bond donors (Lipinski definition) is 0. The third-order valence-corrected chi connectivity index (χ3v) is 6.32. The van der Waals surface area contributed by atoms with E-state index in [1.807, 2.05) is 6.92 Å². The van der Waals surface area contributed by atoms with E-state index in [4.69, 9.17) is 4.74 Å². The van der Waals surface area contributed by atoms with Gasteiger partial charge in [-0.05, 0) is 25.3 Å². The van der Waals surface area contributed by atoms with Crippen molar-refractivity contribution in [3.8, 4) is 0 Å². The van der Waals surface area contributed by atoms with E-state index in [9.17, 15) is 8.42 Å². The van der Waals surface area contributed by atoms with Crippen LogP contribution in [-0.2, 0) is 21.2 Å². The number of benzene rings is 1. The van der Waals surface area contributed by atoms with Gasteiger partial charge in [-0.1, -0.05) is 29.8 Å². The SMILES string of the molecule is Cc1ccc(CC2COCCC2S(=O)(=O)N(C)C)cc1. The number of sulfonamides is 1. The molecule has 0 aliphatic carbocycles. The van der Waals surface area contributed by atoms with E-state index < -0.39 is 10.0 Å². The second-order valence-electron chi connectivity index (χ2n) is 5.68. The van der Waals surface area contributed by atoms with E-state index in [0.717, 1.165) is 6.42 Å². The van der Waals surface area contributed by atoms with Gasteiger partial charge in [-0.15, -0.1) is 0 Å². The van der Waals surface area contributed by atoms with Crippen LogP contribution in [0.1, 0.15) is 17.5 Å². The van der Waals surface area contributed by atoms with Crippen LogP contribution in [0.3, 0.4) is 0 Å². The molecule has 2 rings (SSSR count). The van der Waals surface area contributed by atoms with Gasteiger partial charge in [0.15, 0.2) is 0 Å². The number of rotatable bonds is 4. The molecule has 2 atom stereocenters. The van der Waals surface area contributed by atoms with Crippen molar-refractivity contribution in [3.05, 3.63) is 35.4 Å². The van der Waals surface area contributed by atoms with E-state index in [0.29, 0.717) is 19.6 Å². The van der Waals surface area contributed by atoms with Crippen LogP contribution in [0.2, 0.25) is 0 Å². The minimum absolute atomic E-state index is 0.0267. The first-order valence-electron chi connectivity index (χ1n) is 6.96. The van der Waals surface area contributed by atoms with Crippen molar-refractivity contribution in [1.82, 2.24) is 4.31 Å². The Hall–Kier alpha value is -0.910. The van der Waals surface area contributed by atoms with Crippen molar-refractivity contribution >= 4 is 10.0 Å². The Kier molecular flexibility index (Phi) is 4.83. The Labute approximate surface area is 121 Å². The highest BCUT2D eigenvalue weighted by Gasteiger charge is 2.37. The first kappa shape index (κ1) is 15.5. The summed E-state index contributed by atoms with van der Waals surface area (Å²) < 4.78 is 31.7. The molecular formula is C15H23NO3S. The summed E-state index contributed by atoms with van der Waals surface area (Å²) in [4.78, 5) is 0. The van der Waals surface area contributed by atoms with E-state index in [-0.39, 0.29) is 11.2 Å². The van der Waals surface area contributed by atoms with E-state index >= 15 is 0 Å². The van der Waals surface area contributed by atoms with Crippen LogP contribution in [0.4, 0.5) is 0 Å². The molecule has 1 aromatic rings. The predicted molar refractivity (Wildman–Crippen MR) is 80.2 cm³/mol. The van der Waals surface area contributed by atoms with Gasteiger partial charge in [0.2, 0.25) is 10.0 Å². The molecule has 1 heterocycles. The summed E-state index contributed by atoms with van der Waals surface area (Å²) >= 11 is 0. The molecule has 0 spiro atoms. The van der Waals surface area contributed by atoms with E-state index in [2.05, 4.69) is 24.3 Å². The maximum absolute atomic E-state index is 12.4. The Morgan fingerprint density at radius 2 is 1.90 bits per heavy atom. The van der Waals surface area contributed by atoms with Gasteiger partial charge in [0, 0.05) is 26.6 Å². The first-order chi connectivity index (χ1) is 9.41. The van der Waals surface area contributed by atoms with E-state index in [1.165, 1.54) is 15.4 Å². The Morgan fingerprint density at radius 1 is 1.25 bits per heavy atom. The van der Waals surface area contributed by atoms with Gasteiger partial charge in [0.25, 0.3) is 0 Å². The molecule has 1 aliphatic rings. The molecule has 112 valence electrons. The summed E-state index contributed by atoms with van der Waals surface area (Å²) in [5.41, 5.74) is 2.39. The normalized spacial score (nSPS) is 24.0. The van der Waals surface area contributed by atoms with E-state index in [1.54, 1.807) is 14.1 Å². The third-order valence-electron chi connectivity index (χ3n) is 3.91. The summed E-state index contributed by atoms with van der Waals surface area (Å²) in [5.74, 6) is 0.0267. The van der Waals surface area contributed by atoms with Gasteiger partial charge in [-0.25, -0.2) is 12.7 Å². The molecule has 1 saturated heterocycles. The standard InChI is InChI=1S/C15H23NO3S/c1-12-4-6-13(7-5-12)10-14-11-19-9-8-15(14)20(17,18)16(2)3/h4-7,14-15H,8-11H2,1-3H3. The molecule has 2 unspecified atom stereocenters. The molecule has 4 nitrogen and oxygen atoms in total. The quantitative estimate of drug-likeness (QED) is 0.852. The van der Waals surface area contributed by atoms with Crippen molar-refractivity contribution < 1.29 is 13.2 Å². The largest absolute Gasteiger partial charge is 0.381 e. The summed E-state index contributed by atoms with van der Waals surface area (Å²) in [6.07, 6.45) is 1.33. The lowest BCUT2D eigenvalue weighted by Crippen LogP contribution is -2.44. The Morgan fingerprint density at radius 3 is 2.50 bits per heavy atom. The van der Waals surface area contributed by atoms with Gasteiger partial charge in [0.05, 0.1) is 11.9 Å². The van der Waals surface area contributed by atoms with Gasteiger partial charge in [0.1, 0.15) is 0 Å². The summed E-state index contributed by atoms with van der Waals surface area (Å²) in [6.45, 7) is 3.10. The first-order valence-corrected chi connectivity index (χ1v) is 8.46. The number of hydrogen-bond acceptors (Lipinski definition) is 3. The Balaban J connectivity index is 2.17. The molecule has 1 aliphatic heterocycles. The van der Waals surface area contributed by atoms with Crippen molar-refractivity contribution in [1.29, 1.82) is 0 Å². The highest BCUT2D eigenvalue weighted by Crippen LogP contribution is 2.27. The molecule has 1 aromatic carbocycles. The van der Waals surface area contributed by atoms with Crippen molar-refractivity contribution in [2.75, 3.05) is 27.3 Å². The molecule has 0 N–H and O–H groups in total. The monoisotopic (exact) mass is 297 g/mol. The second kappa shape index (κ2) is 6.24. The van der Waals surface area contributed by atoms with Crippen LogP contribution in [0.25, 0.3) is 0 Å². The van der Waals surface area contributed by atoms with Gasteiger partial charge >= 0.3 is 0 Å². The molecule has 0 aromatic heterocycles. The highest BCUT2D eigenvalue weighted by atomic mass is 32.2. The third kappa shape index (κ3) is 3.40. The molecule has 20 heavy (non-hydrogen) atoms. The summed E-state index contributed by atoms with van der Waals surface area (Å²) in [6, 6.07) is 8.27. The summed E-state index contributed by atoms with van der Waals surface area (Å²) in [7, 11) is -0.0143. The summed E-state index contributed by atoms with van der Waals surface area (Å²) in [5, 5.41) is -0.340. The maximum Gasteiger partial charge on any atom is 0.216 e. The maximum atomic E-state index is 12.4. The molecule has 5 heteroatoms. The van der Waals surface area contributed by atoms with Crippen molar-refractivity contribution in [3.63, 3.8) is 0 Å². The molecule has 1 fully saturated rings. The fraction of sp³-hybridized carbons (Fsp3) is 0.600. The van der Waals surface area contributed by atoms with Crippen LogP contribution >= 0.6 is 0 Å². The van der Waals surface area contributed by atoms with Crippen molar-refractivity contribution in [2.24, 2.45) is 5.92 Å². The van der Waals surface area contributed by atoms with Gasteiger partial charge in [-0.2, -0.15) is 0 Å². The minimum Gasteiger partial charge on any atom is -0.381 e. The minimum atomic E-state index is -3.22. The molecule has 0 radical (unpaired) electrons. The number of nitrogens with zero attached hydrogens (tertiary/aromatic N) is 1. The molecular weight excluding hydrogens is 274 g/mol. The van der Waals surface area contributed by atoms with Crippen LogP contribution in [-0.4, -0.2) is 45.3 Å². The van der Waals surface area contributed by atoms with Gasteiger partial charge < -0.3 is 4.74 Å². The zero-order chi connectivity index (χ0) is 14.8. The van der Waals surface area contributed by atoms with Crippen molar-refractivity contribution in [2.45, 2.75) is 25.0 Å². The Bertz CT molecular complexity index is 537. The average molecular weight is 297 g/mol. The van der Waals surface area contributed by atoms with Crippen LogP contribution < -0.4 is 0 Å². The number of aryl methyl sites for hydroxylation is 1. The molecule has 0 amide bonds. The topological polar surface area (TPSA) is 46.6 Å². The van der Waals surface area contributed by atoms with Crippen LogP contribution in [0.15, 0.2) is 24.3 Å². The van der Waals surface area contributed by atoms with Crippen LogP contribution in [0, 0.1) is 12.8 Å². The molecule has 0 saturated carbocycles. The average Bonchev–Trinajstić information content (AvgIpc) is 2.41. The lowest BCUT2D eigenvalue weighted by atomic mass is 9.93. The predicted octanol–water partition coefficient (Wildman–Crippen LogP) is 1.83. The smallest absolute Gasteiger partial charge is 0.216 e. The zero-order valence-corrected chi connectivity index (χ0v) is 13.2. The van der Waals surface area contributed by atoms with Gasteiger partial charge in [-0.3, -0.25) is 0 Å². The van der Waals surface area contributed by atoms with Crippen LogP contribution in [0.5, 0.6) is 0 Å². The highest BCUT2D eigenvalue weighted by molar-refractivity contribution is 7.89. The lowest BCUT2D eigenvalue weighted by Gasteiger charge is -2.33. The molecule has 0 bridgehead atoms. The second-order valence-corrected chi connectivity index (χ2v) is 8.04. The number of ether oxygens (including phenoxy) is 1. The fourth-order valence-electron chi connectivity index (χ4n) is 2.66. The lowest BCUT2D eigenvalue weighted by molar-refractivity contribution is 0.0563. The zero-order valence-electron chi connectivity index (χ0n) is 12.4.